The van der Waals surface area contributed by atoms with Crippen molar-refractivity contribution in [2.75, 3.05) is 41.7 Å². The number of piperazine rings is 1. The van der Waals surface area contributed by atoms with Crippen molar-refractivity contribution in [2.24, 2.45) is 0 Å². The number of anilines is 3. The quantitative estimate of drug-likeness (QED) is 0.858. The van der Waals surface area contributed by atoms with E-state index in [9.17, 15) is 0 Å². The average Bonchev–Trinajstić information content (AvgIpc) is 2.50. The van der Waals surface area contributed by atoms with E-state index in [1.165, 1.54) is 22.5 Å². The van der Waals surface area contributed by atoms with Gasteiger partial charge in [-0.15, -0.1) is 0 Å². The summed E-state index contributed by atoms with van der Waals surface area (Å²) in [6.07, 6.45) is 0. The second kappa shape index (κ2) is 5.68. The zero-order valence-corrected chi connectivity index (χ0v) is 12.8. The van der Waals surface area contributed by atoms with Gasteiger partial charge in [0, 0.05) is 43.2 Å². The Morgan fingerprint density at radius 1 is 0.857 bits per heavy atom. The summed E-state index contributed by atoms with van der Waals surface area (Å²) < 4.78 is 0. The van der Waals surface area contributed by atoms with E-state index in [0.717, 1.165) is 31.9 Å². The maximum atomic E-state index is 5.88. The van der Waals surface area contributed by atoms with E-state index < -0.39 is 0 Å². The summed E-state index contributed by atoms with van der Waals surface area (Å²) >= 11 is 0. The highest BCUT2D eigenvalue weighted by Gasteiger charge is 2.19. The summed E-state index contributed by atoms with van der Waals surface area (Å²) in [6.45, 7) is 8.59. The first kappa shape index (κ1) is 13.8. The summed E-state index contributed by atoms with van der Waals surface area (Å²) in [5, 5.41) is 0. The molecule has 1 aliphatic rings. The van der Waals surface area contributed by atoms with E-state index in [1.807, 2.05) is 12.1 Å². The van der Waals surface area contributed by atoms with Crippen LogP contribution in [0.3, 0.4) is 0 Å². The van der Waals surface area contributed by atoms with Crippen molar-refractivity contribution >= 4 is 17.1 Å². The summed E-state index contributed by atoms with van der Waals surface area (Å²) in [5.41, 5.74) is 12.1. The van der Waals surface area contributed by atoms with Crippen molar-refractivity contribution in [1.82, 2.24) is 0 Å². The average molecular weight is 281 g/mol. The molecule has 0 bridgehead atoms. The van der Waals surface area contributed by atoms with Crippen molar-refractivity contribution in [3.8, 4) is 0 Å². The van der Waals surface area contributed by atoms with Crippen molar-refractivity contribution in [3.63, 3.8) is 0 Å². The first-order chi connectivity index (χ1) is 10.1. The van der Waals surface area contributed by atoms with E-state index >= 15 is 0 Å². The van der Waals surface area contributed by atoms with E-state index in [2.05, 4.69) is 54.0 Å². The number of hydrogen-bond acceptors (Lipinski definition) is 3. The molecule has 21 heavy (non-hydrogen) atoms. The monoisotopic (exact) mass is 281 g/mol. The van der Waals surface area contributed by atoms with Gasteiger partial charge in [0.15, 0.2) is 0 Å². The molecule has 0 aliphatic carbocycles. The Morgan fingerprint density at radius 3 is 2.24 bits per heavy atom. The molecular weight excluding hydrogens is 258 g/mol. The first-order valence-electron chi connectivity index (χ1n) is 7.57. The Balaban J connectivity index is 1.72. The van der Waals surface area contributed by atoms with Crippen LogP contribution in [0.1, 0.15) is 11.1 Å². The van der Waals surface area contributed by atoms with Gasteiger partial charge < -0.3 is 15.5 Å². The highest BCUT2D eigenvalue weighted by Crippen LogP contribution is 2.25. The number of benzene rings is 2. The molecule has 1 aliphatic heterocycles. The minimum Gasteiger partial charge on any atom is -0.399 e. The predicted octanol–water partition coefficient (Wildman–Crippen LogP) is 3.21. The number of rotatable bonds is 2. The molecule has 3 heteroatoms. The van der Waals surface area contributed by atoms with Gasteiger partial charge in [0.1, 0.15) is 0 Å². The molecule has 0 radical (unpaired) electrons. The van der Waals surface area contributed by atoms with Crippen LogP contribution in [0.4, 0.5) is 17.1 Å². The molecule has 1 heterocycles. The molecule has 0 saturated carbocycles. The van der Waals surface area contributed by atoms with Crippen molar-refractivity contribution in [3.05, 3.63) is 53.6 Å². The number of hydrogen-bond donors (Lipinski definition) is 1. The van der Waals surface area contributed by atoms with Gasteiger partial charge >= 0.3 is 0 Å². The van der Waals surface area contributed by atoms with Gasteiger partial charge in [-0.1, -0.05) is 18.2 Å². The third kappa shape index (κ3) is 2.82. The number of nitrogen functional groups attached to an aromatic ring is 1. The highest BCUT2D eigenvalue weighted by molar-refractivity contribution is 5.59. The summed E-state index contributed by atoms with van der Waals surface area (Å²) in [4.78, 5) is 4.91. The van der Waals surface area contributed by atoms with Crippen LogP contribution in [0.5, 0.6) is 0 Å². The minimum atomic E-state index is 0.837. The van der Waals surface area contributed by atoms with Crippen LogP contribution in [0, 0.1) is 13.8 Å². The number of nitrogens with two attached hydrogens (primary N) is 1. The third-order valence-corrected chi connectivity index (χ3v) is 4.43. The lowest BCUT2D eigenvalue weighted by Crippen LogP contribution is -2.46. The fraction of sp³-hybridized carbons (Fsp3) is 0.333. The minimum absolute atomic E-state index is 0.837. The molecule has 0 spiro atoms. The van der Waals surface area contributed by atoms with Crippen LogP contribution < -0.4 is 15.5 Å². The molecule has 2 aromatic carbocycles. The van der Waals surface area contributed by atoms with Crippen LogP contribution in [0.25, 0.3) is 0 Å². The molecule has 1 fully saturated rings. The van der Waals surface area contributed by atoms with Crippen molar-refractivity contribution < 1.29 is 0 Å². The lowest BCUT2D eigenvalue weighted by molar-refractivity contribution is 0.652. The number of aryl methyl sites for hydroxylation is 1. The third-order valence-electron chi connectivity index (χ3n) is 4.43. The Kier molecular flexibility index (Phi) is 3.74. The van der Waals surface area contributed by atoms with Gasteiger partial charge in [0.25, 0.3) is 0 Å². The maximum absolute atomic E-state index is 5.88. The van der Waals surface area contributed by atoms with Gasteiger partial charge in [-0.3, -0.25) is 0 Å². The van der Waals surface area contributed by atoms with Crippen LogP contribution in [0.2, 0.25) is 0 Å². The molecule has 110 valence electrons. The van der Waals surface area contributed by atoms with Gasteiger partial charge in [0.2, 0.25) is 0 Å². The fourth-order valence-electron chi connectivity index (χ4n) is 3.01. The van der Waals surface area contributed by atoms with Crippen LogP contribution in [-0.4, -0.2) is 26.2 Å². The summed E-state index contributed by atoms with van der Waals surface area (Å²) in [5.74, 6) is 0. The van der Waals surface area contributed by atoms with Crippen LogP contribution in [0.15, 0.2) is 42.5 Å². The fourth-order valence-corrected chi connectivity index (χ4v) is 3.01. The van der Waals surface area contributed by atoms with Gasteiger partial charge in [-0.2, -0.15) is 0 Å². The van der Waals surface area contributed by atoms with Gasteiger partial charge in [-0.05, 0) is 49.2 Å². The van der Waals surface area contributed by atoms with Crippen LogP contribution >= 0.6 is 0 Å². The standard InChI is InChI=1S/C18H23N3/c1-14-5-3-8-18(15(14)2)21-11-9-20(10-12-21)17-7-4-6-16(19)13-17/h3-8,13H,9-12,19H2,1-2H3. The zero-order valence-electron chi connectivity index (χ0n) is 12.8. The highest BCUT2D eigenvalue weighted by atomic mass is 15.3. The maximum Gasteiger partial charge on any atom is 0.0399 e. The second-order valence-electron chi connectivity index (χ2n) is 5.79. The molecule has 3 rings (SSSR count). The lowest BCUT2D eigenvalue weighted by atomic mass is 10.1. The zero-order chi connectivity index (χ0) is 14.8. The van der Waals surface area contributed by atoms with Crippen molar-refractivity contribution in [2.45, 2.75) is 13.8 Å². The van der Waals surface area contributed by atoms with Crippen molar-refractivity contribution in [1.29, 1.82) is 0 Å². The largest absolute Gasteiger partial charge is 0.399 e. The Bertz CT molecular complexity index is 628. The van der Waals surface area contributed by atoms with Gasteiger partial charge in [0.05, 0.1) is 0 Å². The molecule has 0 aromatic heterocycles. The van der Waals surface area contributed by atoms with Crippen LogP contribution in [-0.2, 0) is 0 Å². The predicted molar refractivity (Wildman–Crippen MR) is 91.2 cm³/mol. The molecule has 1 saturated heterocycles. The first-order valence-corrected chi connectivity index (χ1v) is 7.57. The summed E-state index contributed by atoms with van der Waals surface area (Å²) in [7, 11) is 0. The SMILES string of the molecule is Cc1cccc(N2CCN(c3cccc(N)c3)CC2)c1C. The van der Waals surface area contributed by atoms with E-state index in [4.69, 9.17) is 5.73 Å². The van der Waals surface area contributed by atoms with E-state index in [1.54, 1.807) is 0 Å². The Hall–Kier alpha value is -2.16. The molecule has 3 nitrogen and oxygen atoms in total. The van der Waals surface area contributed by atoms with E-state index in [0.29, 0.717) is 0 Å². The second-order valence-corrected chi connectivity index (χ2v) is 5.79. The topological polar surface area (TPSA) is 32.5 Å². The molecule has 2 N–H and O–H groups in total. The summed E-state index contributed by atoms with van der Waals surface area (Å²) in [6, 6.07) is 14.7. The molecule has 0 amide bonds. The lowest BCUT2D eigenvalue weighted by Gasteiger charge is -2.38. The molecule has 0 atom stereocenters. The smallest absolute Gasteiger partial charge is 0.0399 e. The van der Waals surface area contributed by atoms with Gasteiger partial charge in [-0.25, -0.2) is 0 Å². The Morgan fingerprint density at radius 2 is 1.52 bits per heavy atom. The molecule has 2 aromatic rings. The molecular formula is C18H23N3. The normalized spacial score (nSPS) is 15.3. The molecule has 0 unspecified atom stereocenters. The number of nitrogens with zero attached hydrogens (tertiary/aromatic N) is 2. The van der Waals surface area contributed by atoms with E-state index in [-0.39, 0.29) is 0 Å². The Labute approximate surface area is 127 Å².